The third-order valence-electron chi connectivity index (χ3n) is 4.29. The van der Waals surface area contributed by atoms with Gasteiger partial charge in [-0.15, -0.1) is 5.10 Å². The zero-order chi connectivity index (χ0) is 20.6. The average molecular weight is 385 g/mol. The number of carboxylic acid groups (broad SMARTS) is 1. The van der Waals surface area contributed by atoms with Crippen LogP contribution in [0.1, 0.15) is 117 Å². The molecule has 6 heteroatoms. The predicted molar refractivity (Wildman–Crippen MR) is 117 cm³/mol. The first-order chi connectivity index (χ1) is 13.1. The molecule has 0 spiro atoms. The summed E-state index contributed by atoms with van der Waals surface area (Å²) in [5.74, 6) is 4.43. The van der Waals surface area contributed by atoms with Gasteiger partial charge < -0.3 is 16.7 Å². The van der Waals surface area contributed by atoms with Gasteiger partial charge in [-0.25, -0.2) is 4.99 Å². The Morgan fingerprint density at radius 1 is 0.815 bits per heavy atom. The second-order valence-electron chi connectivity index (χ2n) is 6.97. The van der Waals surface area contributed by atoms with Crippen molar-refractivity contribution in [1.29, 1.82) is 0 Å². The Morgan fingerprint density at radius 3 is 1.70 bits per heavy atom. The summed E-state index contributed by atoms with van der Waals surface area (Å²) in [5.41, 5.74) is 5.31. The molecule has 6 nitrogen and oxygen atoms in total. The normalized spacial score (nSPS) is 11.4. The van der Waals surface area contributed by atoms with E-state index in [1.807, 2.05) is 0 Å². The van der Waals surface area contributed by atoms with Gasteiger partial charge in [-0.2, -0.15) is 0 Å². The van der Waals surface area contributed by atoms with Crippen LogP contribution in [0.5, 0.6) is 0 Å². The van der Waals surface area contributed by atoms with Gasteiger partial charge in [-0.1, -0.05) is 90.9 Å². The first-order valence-electron chi connectivity index (χ1n) is 10.9. The van der Waals surface area contributed by atoms with Crippen LogP contribution in [0, 0.1) is 0 Å². The summed E-state index contributed by atoms with van der Waals surface area (Å²) in [5, 5.41) is 11.6. The van der Waals surface area contributed by atoms with Crippen molar-refractivity contribution in [2.75, 3.05) is 0 Å². The minimum Gasteiger partial charge on any atom is -0.481 e. The molecule has 0 rings (SSSR count). The third kappa shape index (κ3) is 29.4. The van der Waals surface area contributed by atoms with Gasteiger partial charge in [-0.3, -0.25) is 4.79 Å². The van der Waals surface area contributed by atoms with E-state index in [9.17, 15) is 4.79 Å². The molecule has 0 heterocycles. The van der Waals surface area contributed by atoms with Crippen LogP contribution in [-0.4, -0.2) is 23.2 Å². The van der Waals surface area contributed by atoms with Gasteiger partial charge in [0.15, 0.2) is 0 Å². The number of guanidine groups is 1. The molecule has 0 bridgehead atoms. The first kappa shape index (κ1) is 27.6. The van der Waals surface area contributed by atoms with Crippen LogP contribution >= 0.6 is 0 Å². The van der Waals surface area contributed by atoms with E-state index in [0.29, 0.717) is 6.42 Å². The summed E-state index contributed by atoms with van der Waals surface area (Å²) < 4.78 is 0. The Bertz CT molecular complexity index is 371. The molecule has 0 aliphatic heterocycles. The number of aliphatic carboxylic acids is 1. The molecule has 0 radical (unpaired) electrons. The van der Waals surface area contributed by atoms with Gasteiger partial charge in [0, 0.05) is 12.6 Å². The van der Waals surface area contributed by atoms with E-state index in [0.717, 1.165) is 19.3 Å². The minimum atomic E-state index is -0.666. The van der Waals surface area contributed by atoms with Crippen LogP contribution in [0.2, 0.25) is 0 Å². The van der Waals surface area contributed by atoms with Crippen molar-refractivity contribution in [3.63, 3.8) is 0 Å². The van der Waals surface area contributed by atoms with Crippen molar-refractivity contribution in [3.05, 3.63) is 0 Å². The molecule has 0 saturated carbocycles. The molecule has 0 saturated heterocycles. The first-order valence-corrected chi connectivity index (χ1v) is 10.9. The van der Waals surface area contributed by atoms with E-state index in [4.69, 9.17) is 16.7 Å². The van der Waals surface area contributed by atoms with Crippen LogP contribution in [-0.2, 0) is 4.79 Å². The number of aliphatic imine (C=N–C) groups is 1. The SMILES string of the molecule is CCCCCCCCC(=O)O.CCCCCCCCCCC=NC(N)=NN. The van der Waals surface area contributed by atoms with Crippen LogP contribution in [0.4, 0.5) is 0 Å². The highest BCUT2D eigenvalue weighted by molar-refractivity contribution is 5.85. The fourth-order valence-corrected chi connectivity index (χ4v) is 2.62. The smallest absolute Gasteiger partial charge is 0.303 e. The minimum absolute atomic E-state index is 0.152. The second kappa shape index (κ2) is 24.4. The summed E-state index contributed by atoms with van der Waals surface area (Å²) in [6.45, 7) is 4.42. The fourth-order valence-electron chi connectivity index (χ4n) is 2.62. The van der Waals surface area contributed by atoms with Crippen molar-refractivity contribution in [3.8, 4) is 0 Å². The number of hydrogen-bond donors (Lipinski definition) is 3. The standard InChI is InChI=1S/C12H26N4.C9H18O2/c1-2-3-4-5-6-7-8-9-10-11-15-12(13)16-14;1-2-3-4-5-6-7-8-9(10)11/h11H,2-10,14H2,1H3,(H2,13,16);2-8H2,1H3,(H,10,11). The highest BCUT2D eigenvalue weighted by atomic mass is 16.4. The van der Waals surface area contributed by atoms with E-state index in [1.165, 1.54) is 77.0 Å². The van der Waals surface area contributed by atoms with Gasteiger partial charge in [0.25, 0.3) is 0 Å². The molecule has 0 atom stereocenters. The Kier molecular flexibility index (Phi) is 25.0. The van der Waals surface area contributed by atoms with Crippen molar-refractivity contribution in [2.45, 2.75) is 117 Å². The fraction of sp³-hybridized carbons (Fsp3) is 0.857. The van der Waals surface area contributed by atoms with Crippen molar-refractivity contribution in [2.24, 2.45) is 21.7 Å². The number of hydrazone groups is 1. The third-order valence-corrected chi connectivity index (χ3v) is 4.29. The van der Waals surface area contributed by atoms with Crippen LogP contribution < -0.4 is 11.6 Å². The number of nitrogens with two attached hydrogens (primary N) is 2. The van der Waals surface area contributed by atoms with Crippen molar-refractivity contribution < 1.29 is 9.90 Å². The van der Waals surface area contributed by atoms with Crippen molar-refractivity contribution >= 4 is 18.1 Å². The lowest BCUT2D eigenvalue weighted by atomic mass is 10.1. The molecule has 0 aromatic rings. The maximum absolute atomic E-state index is 10.1. The Balaban J connectivity index is 0. The molecular weight excluding hydrogens is 340 g/mol. The number of hydrogen-bond acceptors (Lipinski definition) is 3. The number of carboxylic acids is 1. The van der Waals surface area contributed by atoms with Gasteiger partial charge in [0.05, 0.1) is 0 Å². The second-order valence-corrected chi connectivity index (χ2v) is 6.97. The Hall–Kier alpha value is -1.59. The maximum Gasteiger partial charge on any atom is 0.303 e. The molecule has 0 unspecified atom stereocenters. The Morgan fingerprint density at radius 2 is 1.26 bits per heavy atom. The largest absolute Gasteiger partial charge is 0.481 e. The number of unbranched alkanes of at least 4 members (excludes halogenated alkanes) is 13. The Labute approximate surface area is 166 Å². The predicted octanol–water partition coefficient (Wildman–Crippen LogP) is 5.60. The summed E-state index contributed by atoms with van der Waals surface area (Å²) in [6.07, 6.45) is 20.6. The van der Waals surface area contributed by atoms with Gasteiger partial charge >= 0.3 is 5.97 Å². The molecule has 0 aliphatic rings. The molecule has 0 aromatic heterocycles. The molecule has 0 aliphatic carbocycles. The molecule has 27 heavy (non-hydrogen) atoms. The van der Waals surface area contributed by atoms with Gasteiger partial charge in [0.1, 0.15) is 0 Å². The lowest BCUT2D eigenvalue weighted by Crippen LogP contribution is -2.10. The summed E-state index contributed by atoms with van der Waals surface area (Å²) >= 11 is 0. The molecule has 0 amide bonds. The van der Waals surface area contributed by atoms with Gasteiger partial charge in [-0.05, 0) is 19.3 Å². The van der Waals surface area contributed by atoms with Crippen LogP contribution in [0.3, 0.4) is 0 Å². The summed E-state index contributed by atoms with van der Waals surface area (Å²) in [4.78, 5) is 14.0. The monoisotopic (exact) mass is 384 g/mol. The molecule has 160 valence electrons. The average Bonchev–Trinajstić information content (AvgIpc) is 2.66. The summed E-state index contributed by atoms with van der Waals surface area (Å²) in [6, 6.07) is 0. The number of nitrogens with zero attached hydrogens (tertiary/aromatic N) is 2. The number of carbonyl (C=O) groups is 1. The van der Waals surface area contributed by atoms with E-state index in [2.05, 4.69) is 23.9 Å². The molecule has 0 fully saturated rings. The van der Waals surface area contributed by atoms with E-state index in [-0.39, 0.29) is 5.96 Å². The zero-order valence-electron chi connectivity index (χ0n) is 17.8. The lowest BCUT2D eigenvalue weighted by molar-refractivity contribution is -0.137. The molecule has 0 aromatic carbocycles. The maximum atomic E-state index is 10.1. The lowest BCUT2D eigenvalue weighted by Gasteiger charge is -1.99. The van der Waals surface area contributed by atoms with E-state index < -0.39 is 5.97 Å². The topological polar surface area (TPSA) is 114 Å². The molecule has 5 N–H and O–H groups in total. The van der Waals surface area contributed by atoms with Crippen molar-refractivity contribution in [1.82, 2.24) is 0 Å². The highest BCUT2D eigenvalue weighted by Gasteiger charge is 1.95. The quantitative estimate of drug-likeness (QED) is 0.106. The highest BCUT2D eigenvalue weighted by Crippen LogP contribution is 2.09. The van der Waals surface area contributed by atoms with Gasteiger partial charge in [0.2, 0.25) is 5.96 Å². The van der Waals surface area contributed by atoms with E-state index in [1.54, 1.807) is 6.21 Å². The molecular formula is C21H44N4O2. The van der Waals surface area contributed by atoms with Crippen LogP contribution in [0.25, 0.3) is 0 Å². The number of rotatable bonds is 16. The van der Waals surface area contributed by atoms with E-state index >= 15 is 0 Å². The summed E-state index contributed by atoms with van der Waals surface area (Å²) in [7, 11) is 0. The zero-order valence-corrected chi connectivity index (χ0v) is 17.8. The van der Waals surface area contributed by atoms with Crippen LogP contribution in [0.15, 0.2) is 10.1 Å².